The maximum atomic E-state index is 5.45. The number of ether oxygens (including phenoxy) is 1. The summed E-state index contributed by atoms with van der Waals surface area (Å²) >= 11 is 0. The Labute approximate surface area is 119 Å². The molecular formula is C16H19N3O. The first kappa shape index (κ1) is 14.2. The quantitative estimate of drug-likeness (QED) is 0.865. The summed E-state index contributed by atoms with van der Waals surface area (Å²) in [5.74, 6) is 6.81. The zero-order valence-corrected chi connectivity index (χ0v) is 12.1. The predicted molar refractivity (Wildman–Crippen MR) is 79.7 cm³/mol. The maximum absolute atomic E-state index is 5.45. The highest BCUT2D eigenvalue weighted by molar-refractivity contribution is 5.45. The van der Waals surface area contributed by atoms with Crippen LogP contribution >= 0.6 is 0 Å². The van der Waals surface area contributed by atoms with Gasteiger partial charge in [0.15, 0.2) is 0 Å². The highest BCUT2D eigenvalue weighted by atomic mass is 16.5. The van der Waals surface area contributed by atoms with Crippen molar-refractivity contribution in [3.8, 4) is 17.6 Å². The van der Waals surface area contributed by atoms with Gasteiger partial charge in [-0.05, 0) is 43.7 Å². The van der Waals surface area contributed by atoms with Crippen molar-refractivity contribution in [3.05, 3.63) is 46.8 Å². The van der Waals surface area contributed by atoms with E-state index in [1.807, 2.05) is 36.7 Å². The summed E-state index contributed by atoms with van der Waals surface area (Å²) in [4.78, 5) is 0. The van der Waals surface area contributed by atoms with Gasteiger partial charge in [-0.15, -0.1) is 0 Å². The summed E-state index contributed by atoms with van der Waals surface area (Å²) < 4.78 is 7.25. The molecule has 0 aliphatic heterocycles. The van der Waals surface area contributed by atoms with Gasteiger partial charge in [0.05, 0.1) is 25.9 Å². The lowest BCUT2D eigenvalue weighted by Gasteiger charge is -2.09. The lowest BCUT2D eigenvalue weighted by molar-refractivity contribution is 0.414. The number of nitrogens with two attached hydrogens (primary N) is 1. The number of hydrogen-bond acceptors (Lipinski definition) is 3. The second kappa shape index (κ2) is 6.27. The topological polar surface area (TPSA) is 53.1 Å². The number of rotatable bonds is 3. The third-order valence-corrected chi connectivity index (χ3v) is 3.06. The van der Waals surface area contributed by atoms with Crippen molar-refractivity contribution in [1.29, 1.82) is 0 Å². The first-order valence-corrected chi connectivity index (χ1v) is 6.51. The second-order valence-electron chi connectivity index (χ2n) is 4.61. The molecule has 0 aliphatic carbocycles. The SMILES string of the molecule is COc1ccc(C#CCN)c(Cn2nc(C)cc2C)c1. The molecule has 0 unspecified atom stereocenters. The van der Waals surface area contributed by atoms with Crippen LogP contribution in [-0.4, -0.2) is 23.4 Å². The van der Waals surface area contributed by atoms with Crippen molar-refractivity contribution in [3.63, 3.8) is 0 Å². The lowest BCUT2D eigenvalue weighted by atomic mass is 10.1. The standard InChI is InChI=1S/C16H19N3O/c1-12-9-13(2)19(18-12)11-15-10-16(20-3)7-6-14(15)5-4-8-17/h6-7,9-10H,8,11,17H2,1-3H3. The van der Waals surface area contributed by atoms with Crippen LogP contribution in [0.15, 0.2) is 24.3 Å². The summed E-state index contributed by atoms with van der Waals surface area (Å²) in [5.41, 5.74) is 9.63. The first-order valence-electron chi connectivity index (χ1n) is 6.51. The van der Waals surface area contributed by atoms with Gasteiger partial charge in [0.1, 0.15) is 5.75 Å². The predicted octanol–water partition coefficient (Wildman–Crippen LogP) is 1.87. The Morgan fingerprint density at radius 1 is 1.30 bits per heavy atom. The molecule has 2 rings (SSSR count). The molecule has 0 spiro atoms. The average Bonchev–Trinajstić information content (AvgIpc) is 2.75. The fourth-order valence-electron chi connectivity index (χ4n) is 2.09. The van der Waals surface area contributed by atoms with Crippen molar-refractivity contribution in [2.24, 2.45) is 5.73 Å². The average molecular weight is 269 g/mol. The van der Waals surface area contributed by atoms with Gasteiger partial charge in [-0.25, -0.2) is 0 Å². The highest BCUT2D eigenvalue weighted by Gasteiger charge is 2.07. The van der Waals surface area contributed by atoms with Gasteiger partial charge in [0, 0.05) is 11.3 Å². The molecule has 0 aliphatic rings. The van der Waals surface area contributed by atoms with Crippen LogP contribution in [-0.2, 0) is 6.54 Å². The maximum Gasteiger partial charge on any atom is 0.119 e. The van der Waals surface area contributed by atoms with Crippen molar-refractivity contribution >= 4 is 0 Å². The summed E-state index contributed by atoms with van der Waals surface area (Å²) in [6, 6.07) is 7.93. The highest BCUT2D eigenvalue weighted by Crippen LogP contribution is 2.19. The van der Waals surface area contributed by atoms with Crippen molar-refractivity contribution in [2.75, 3.05) is 13.7 Å². The number of benzene rings is 1. The van der Waals surface area contributed by atoms with Gasteiger partial charge < -0.3 is 10.5 Å². The van der Waals surface area contributed by atoms with Gasteiger partial charge in [0.25, 0.3) is 0 Å². The van der Waals surface area contributed by atoms with E-state index in [4.69, 9.17) is 10.5 Å². The van der Waals surface area contributed by atoms with Crippen LogP contribution in [0.2, 0.25) is 0 Å². The molecule has 0 saturated heterocycles. The molecule has 4 heteroatoms. The monoisotopic (exact) mass is 269 g/mol. The van der Waals surface area contributed by atoms with Crippen molar-refractivity contribution in [2.45, 2.75) is 20.4 Å². The number of aryl methyl sites for hydroxylation is 2. The van der Waals surface area contributed by atoms with E-state index >= 15 is 0 Å². The van der Waals surface area contributed by atoms with Crippen LogP contribution in [0.5, 0.6) is 5.75 Å². The van der Waals surface area contributed by atoms with Crippen LogP contribution in [0.1, 0.15) is 22.5 Å². The molecule has 1 aromatic carbocycles. The fourth-order valence-corrected chi connectivity index (χ4v) is 2.09. The molecule has 2 aromatic rings. The van der Waals surface area contributed by atoms with Crippen LogP contribution < -0.4 is 10.5 Å². The van der Waals surface area contributed by atoms with Gasteiger partial charge in [-0.2, -0.15) is 5.10 Å². The molecule has 0 atom stereocenters. The van der Waals surface area contributed by atoms with E-state index in [2.05, 4.69) is 23.0 Å². The van der Waals surface area contributed by atoms with Crippen molar-refractivity contribution in [1.82, 2.24) is 9.78 Å². The molecule has 104 valence electrons. The summed E-state index contributed by atoms with van der Waals surface area (Å²) in [7, 11) is 1.66. The summed E-state index contributed by atoms with van der Waals surface area (Å²) in [6.07, 6.45) is 0. The van der Waals surface area contributed by atoms with E-state index in [0.717, 1.165) is 28.3 Å². The Balaban J connectivity index is 2.39. The Morgan fingerprint density at radius 2 is 2.10 bits per heavy atom. The molecule has 0 amide bonds. The van der Waals surface area contributed by atoms with E-state index < -0.39 is 0 Å². The van der Waals surface area contributed by atoms with Gasteiger partial charge in [-0.1, -0.05) is 11.8 Å². The smallest absolute Gasteiger partial charge is 0.119 e. The number of nitrogens with zero attached hydrogens (tertiary/aromatic N) is 2. The van der Waals surface area contributed by atoms with E-state index in [1.165, 1.54) is 0 Å². The minimum absolute atomic E-state index is 0.353. The zero-order chi connectivity index (χ0) is 14.5. The number of methoxy groups -OCH3 is 1. The lowest BCUT2D eigenvalue weighted by Crippen LogP contribution is -2.06. The minimum Gasteiger partial charge on any atom is -0.497 e. The zero-order valence-electron chi connectivity index (χ0n) is 12.1. The molecule has 1 heterocycles. The second-order valence-corrected chi connectivity index (χ2v) is 4.61. The summed E-state index contributed by atoms with van der Waals surface area (Å²) in [5, 5.41) is 4.49. The Bertz CT molecular complexity index is 662. The third-order valence-electron chi connectivity index (χ3n) is 3.06. The first-order chi connectivity index (χ1) is 9.63. The number of aromatic nitrogens is 2. The molecule has 0 fully saturated rings. The van der Waals surface area contributed by atoms with E-state index in [1.54, 1.807) is 7.11 Å². The molecular weight excluding hydrogens is 250 g/mol. The third kappa shape index (κ3) is 3.19. The van der Waals surface area contributed by atoms with Crippen LogP contribution in [0.25, 0.3) is 0 Å². The van der Waals surface area contributed by atoms with Crippen LogP contribution in [0, 0.1) is 25.7 Å². The molecule has 0 bridgehead atoms. The van der Waals surface area contributed by atoms with E-state index in [0.29, 0.717) is 13.1 Å². The minimum atomic E-state index is 0.353. The number of hydrogen-bond donors (Lipinski definition) is 1. The fraction of sp³-hybridized carbons (Fsp3) is 0.312. The Morgan fingerprint density at radius 3 is 2.70 bits per heavy atom. The molecule has 0 saturated carbocycles. The Hall–Kier alpha value is -2.25. The van der Waals surface area contributed by atoms with E-state index in [9.17, 15) is 0 Å². The molecule has 20 heavy (non-hydrogen) atoms. The van der Waals surface area contributed by atoms with E-state index in [-0.39, 0.29) is 0 Å². The Kier molecular flexibility index (Phi) is 4.44. The normalized spacial score (nSPS) is 10.0. The molecule has 0 radical (unpaired) electrons. The summed E-state index contributed by atoms with van der Waals surface area (Å²) in [6.45, 7) is 5.06. The van der Waals surface area contributed by atoms with Gasteiger partial charge in [0.2, 0.25) is 0 Å². The van der Waals surface area contributed by atoms with Crippen molar-refractivity contribution < 1.29 is 4.74 Å². The molecule has 2 N–H and O–H groups in total. The van der Waals surface area contributed by atoms with Crippen LogP contribution in [0.4, 0.5) is 0 Å². The molecule has 1 aromatic heterocycles. The van der Waals surface area contributed by atoms with Gasteiger partial charge in [-0.3, -0.25) is 4.68 Å². The molecule has 4 nitrogen and oxygen atoms in total. The van der Waals surface area contributed by atoms with Gasteiger partial charge >= 0.3 is 0 Å². The van der Waals surface area contributed by atoms with Crippen LogP contribution in [0.3, 0.4) is 0 Å². The largest absolute Gasteiger partial charge is 0.497 e.